The zero-order valence-corrected chi connectivity index (χ0v) is 9.56. The molecule has 0 aromatic heterocycles. The topological polar surface area (TPSA) is 90.4 Å². The number of hydrogen-bond acceptors (Lipinski definition) is 6. The summed E-state index contributed by atoms with van der Waals surface area (Å²) in [4.78, 5) is 12.0. The van der Waals surface area contributed by atoms with Crippen LogP contribution in [0.5, 0.6) is 0 Å². The first-order valence-electron chi connectivity index (χ1n) is 4.62. The molecule has 5 nitrogen and oxygen atoms in total. The van der Waals surface area contributed by atoms with Crippen molar-refractivity contribution in [3.63, 3.8) is 0 Å². The molecule has 0 aliphatic carbocycles. The summed E-state index contributed by atoms with van der Waals surface area (Å²) in [5, 5.41) is 3.16. The maximum Gasteiger partial charge on any atom is 0.346 e. The summed E-state index contributed by atoms with van der Waals surface area (Å²) in [6, 6.07) is 0. The number of nitrogens with two attached hydrogens (primary N) is 2. The van der Waals surface area contributed by atoms with E-state index in [0.29, 0.717) is 22.9 Å². The lowest BCUT2D eigenvalue weighted by atomic mass is 10.3. The van der Waals surface area contributed by atoms with Gasteiger partial charge in [0.25, 0.3) is 0 Å². The Morgan fingerprint density at radius 3 is 2.93 bits per heavy atom. The van der Waals surface area contributed by atoms with E-state index in [1.165, 1.54) is 18.0 Å². The Balaban J connectivity index is 2.94. The van der Waals surface area contributed by atoms with E-state index in [4.69, 9.17) is 16.2 Å². The van der Waals surface area contributed by atoms with Crippen molar-refractivity contribution >= 4 is 17.7 Å². The predicted octanol–water partition coefficient (Wildman–Crippen LogP) is 0.202. The van der Waals surface area contributed by atoms with Crippen LogP contribution in [0.2, 0.25) is 0 Å². The Hall–Kier alpha value is -1.30. The molecule has 1 atom stereocenters. The first kappa shape index (κ1) is 11.8. The number of nitrogens with one attached hydrogen (secondary N) is 1. The van der Waals surface area contributed by atoms with Gasteiger partial charge in [0.1, 0.15) is 4.91 Å². The Morgan fingerprint density at radius 2 is 2.40 bits per heavy atom. The smallest absolute Gasteiger partial charge is 0.346 e. The zero-order valence-electron chi connectivity index (χ0n) is 8.74. The summed E-state index contributed by atoms with van der Waals surface area (Å²) >= 11 is 1.38. The highest BCUT2D eigenvalue weighted by Crippen LogP contribution is 2.32. The average molecular weight is 229 g/mol. The van der Waals surface area contributed by atoms with Gasteiger partial charge in [-0.3, -0.25) is 0 Å². The molecule has 1 rings (SSSR count). The maximum atomic E-state index is 11.6. The highest BCUT2D eigenvalue weighted by Gasteiger charge is 2.28. The van der Waals surface area contributed by atoms with E-state index in [0.717, 1.165) is 0 Å². The Labute approximate surface area is 92.9 Å². The molecule has 0 fully saturated rings. The third kappa shape index (κ3) is 2.59. The molecule has 0 aromatic rings. The number of esters is 1. The maximum absolute atomic E-state index is 11.6. The molecule has 1 aliphatic rings. The van der Waals surface area contributed by atoms with Crippen molar-refractivity contribution in [2.45, 2.75) is 19.2 Å². The van der Waals surface area contributed by atoms with Crippen LogP contribution in [-0.4, -0.2) is 18.0 Å². The Bertz CT molecular complexity index is 325. The van der Waals surface area contributed by atoms with Gasteiger partial charge in [0.15, 0.2) is 0 Å². The molecule has 0 radical (unpaired) electrons. The summed E-state index contributed by atoms with van der Waals surface area (Å²) in [5.41, 5.74) is 11.9. The summed E-state index contributed by atoms with van der Waals surface area (Å²) < 4.78 is 4.92. The van der Waals surface area contributed by atoms with E-state index in [1.54, 1.807) is 6.92 Å². The van der Waals surface area contributed by atoms with Crippen molar-refractivity contribution < 1.29 is 9.53 Å². The van der Waals surface area contributed by atoms with Crippen molar-refractivity contribution in [1.82, 2.24) is 5.32 Å². The van der Waals surface area contributed by atoms with Crippen molar-refractivity contribution in [3.05, 3.63) is 22.5 Å². The number of carbonyl (C=O) groups is 1. The van der Waals surface area contributed by atoms with E-state index in [1.807, 2.05) is 6.92 Å². The summed E-state index contributed by atoms with van der Waals surface area (Å²) in [6.45, 7) is 4.04. The van der Waals surface area contributed by atoms with Crippen LogP contribution in [0.15, 0.2) is 22.5 Å². The molecule has 0 saturated heterocycles. The third-order valence-electron chi connectivity index (χ3n) is 1.80. The van der Waals surface area contributed by atoms with E-state index in [-0.39, 0.29) is 11.3 Å². The van der Waals surface area contributed by atoms with E-state index in [9.17, 15) is 4.79 Å². The van der Waals surface area contributed by atoms with E-state index >= 15 is 0 Å². The first-order chi connectivity index (χ1) is 7.10. The van der Waals surface area contributed by atoms with Crippen LogP contribution in [0.3, 0.4) is 0 Å². The molecule has 84 valence electrons. The molecular formula is C9H15N3O2S. The molecule has 0 spiro atoms. The highest BCUT2D eigenvalue weighted by molar-refractivity contribution is 8.04. The normalized spacial score (nSPS) is 21.5. The fraction of sp³-hybridized carbons (Fsp3) is 0.444. The van der Waals surface area contributed by atoms with Crippen LogP contribution in [-0.2, 0) is 9.53 Å². The van der Waals surface area contributed by atoms with Gasteiger partial charge in [-0.05, 0) is 13.8 Å². The molecule has 0 saturated carbocycles. The van der Waals surface area contributed by atoms with Crippen molar-refractivity contribution in [2.24, 2.45) is 11.5 Å². The monoisotopic (exact) mass is 229 g/mol. The van der Waals surface area contributed by atoms with Gasteiger partial charge >= 0.3 is 5.97 Å². The quantitative estimate of drug-likeness (QED) is 0.599. The van der Waals surface area contributed by atoms with E-state index in [2.05, 4.69) is 5.32 Å². The first-order valence-corrected chi connectivity index (χ1v) is 5.50. The number of ether oxygens (including phenoxy) is 1. The molecule has 0 bridgehead atoms. The molecule has 5 N–H and O–H groups in total. The zero-order chi connectivity index (χ0) is 11.4. The predicted molar refractivity (Wildman–Crippen MR) is 60.3 cm³/mol. The summed E-state index contributed by atoms with van der Waals surface area (Å²) in [6.07, 6.45) is 1.26. The van der Waals surface area contributed by atoms with Crippen LogP contribution in [0.1, 0.15) is 13.8 Å². The number of rotatable bonds is 3. The minimum absolute atomic E-state index is 0.0953. The molecule has 1 aliphatic heterocycles. The van der Waals surface area contributed by atoms with Gasteiger partial charge in [-0.1, -0.05) is 11.8 Å². The number of hydrogen-bond donors (Lipinski definition) is 3. The van der Waals surface area contributed by atoms with Gasteiger partial charge in [0, 0.05) is 6.20 Å². The Morgan fingerprint density at radius 1 is 1.73 bits per heavy atom. The fourth-order valence-corrected chi connectivity index (χ4v) is 2.16. The minimum Gasteiger partial charge on any atom is -0.462 e. The van der Waals surface area contributed by atoms with Gasteiger partial charge in [-0.15, -0.1) is 0 Å². The fourth-order valence-electron chi connectivity index (χ4n) is 1.18. The summed E-state index contributed by atoms with van der Waals surface area (Å²) in [7, 11) is 0. The lowest BCUT2D eigenvalue weighted by Gasteiger charge is -2.06. The average Bonchev–Trinajstić information content (AvgIpc) is 2.59. The molecule has 1 heterocycles. The van der Waals surface area contributed by atoms with Crippen LogP contribution in [0.25, 0.3) is 0 Å². The summed E-state index contributed by atoms with van der Waals surface area (Å²) in [5.74, 6) is -0.362. The SMILES string of the molecule is CCOC(=O)C1=C(/C(N)=C/N)NC(C)S1. The Kier molecular flexibility index (Phi) is 3.90. The number of thioether (sulfide) groups is 1. The highest BCUT2D eigenvalue weighted by atomic mass is 32.2. The van der Waals surface area contributed by atoms with Gasteiger partial charge in [0.05, 0.1) is 23.4 Å². The lowest BCUT2D eigenvalue weighted by molar-refractivity contribution is -0.137. The molecule has 6 heteroatoms. The largest absolute Gasteiger partial charge is 0.462 e. The lowest BCUT2D eigenvalue weighted by Crippen LogP contribution is -2.21. The molecule has 0 amide bonds. The minimum atomic E-state index is -0.362. The van der Waals surface area contributed by atoms with E-state index < -0.39 is 0 Å². The van der Waals surface area contributed by atoms with Crippen molar-refractivity contribution in [2.75, 3.05) is 6.61 Å². The van der Waals surface area contributed by atoms with Gasteiger partial charge < -0.3 is 21.5 Å². The molecule has 15 heavy (non-hydrogen) atoms. The number of carbonyl (C=O) groups excluding carboxylic acids is 1. The van der Waals surface area contributed by atoms with Crippen molar-refractivity contribution in [3.8, 4) is 0 Å². The van der Waals surface area contributed by atoms with Crippen LogP contribution in [0.4, 0.5) is 0 Å². The molecule has 0 aromatic carbocycles. The third-order valence-corrected chi connectivity index (χ3v) is 2.88. The molecular weight excluding hydrogens is 214 g/mol. The van der Waals surface area contributed by atoms with Crippen LogP contribution >= 0.6 is 11.8 Å². The van der Waals surface area contributed by atoms with Gasteiger partial charge in [0.2, 0.25) is 0 Å². The molecule has 1 unspecified atom stereocenters. The van der Waals surface area contributed by atoms with Crippen LogP contribution in [0, 0.1) is 0 Å². The van der Waals surface area contributed by atoms with Gasteiger partial charge in [-0.2, -0.15) is 0 Å². The second kappa shape index (κ2) is 4.97. The second-order valence-corrected chi connectivity index (χ2v) is 4.30. The standard InChI is InChI=1S/C9H15N3O2S/c1-3-14-9(13)8-7(6(11)4-10)12-5(2)15-8/h4-5,12H,3,10-11H2,1-2H3/b6-4-. The second-order valence-electron chi connectivity index (χ2n) is 2.95. The van der Waals surface area contributed by atoms with Crippen molar-refractivity contribution in [1.29, 1.82) is 0 Å². The van der Waals surface area contributed by atoms with Crippen LogP contribution < -0.4 is 16.8 Å². The van der Waals surface area contributed by atoms with Gasteiger partial charge in [-0.25, -0.2) is 4.79 Å².